The van der Waals surface area contributed by atoms with Crippen LogP contribution in [0.2, 0.25) is 0 Å². The number of hydrogen-bond donors (Lipinski definition) is 1. The molecule has 0 aliphatic heterocycles. The molecule has 9 nitrogen and oxygen atoms in total. The molecule has 2 heterocycles. The molecule has 0 amide bonds. The van der Waals surface area contributed by atoms with Crippen LogP contribution < -0.4 is 4.68 Å². The van der Waals surface area contributed by atoms with E-state index in [1.54, 1.807) is 36.9 Å². The third-order valence-electron chi connectivity index (χ3n) is 2.95. The van der Waals surface area contributed by atoms with Crippen LogP contribution in [0.25, 0.3) is 11.4 Å². The first-order valence-electron chi connectivity index (χ1n) is 6.66. The molecule has 0 saturated heterocycles. The molecule has 122 valence electrons. The molecule has 23 heavy (non-hydrogen) atoms. The first-order valence-corrected chi connectivity index (χ1v) is 8.51. The number of carboxylic acids is 1. The number of carbonyl (C=O) groups is 1. The Balaban J connectivity index is 2.04. The number of aliphatic carboxylic acids is 1. The smallest absolute Gasteiger partial charge is 0.318 e. The van der Waals surface area contributed by atoms with Gasteiger partial charge in [-0.05, 0) is 11.2 Å². The molecular weight excluding hydrogens is 322 g/mol. The van der Waals surface area contributed by atoms with Gasteiger partial charge in [-0.15, -0.1) is 0 Å². The second-order valence-electron chi connectivity index (χ2n) is 4.74. The SMILES string of the molecule is CS(=O)(=O)N(CC[n+]1ccc(-c2ncccn2)cn1)CC(=O)O. The lowest BCUT2D eigenvalue weighted by Crippen LogP contribution is -2.45. The van der Waals surface area contributed by atoms with Crippen molar-refractivity contribution in [1.82, 2.24) is 19.4 Å². The maximum absolute atomic E-state index is 11.5. The van der Waals surface area contributed by atoms with Crippen LogP contribution in [0.5, 0.6) is 0 Å². The lowest BCUT2D eigenvalue weighted by atomic mass is 10.3. The Bertz CT molecular complexity index is 765. The van der Waals surface area contributed by atoms with Gasteiger partial charge in [-0.2, -0.15) is 4.31 Å². The van der Waals surface area contributed by atoms with Crippen molar-refractivity contribution in [2.45, 2.75) is 6.54 Å². The highest BCUT2D eigenvalue weighted by Crippen LogP contribution is 2.09. The Kier molecular flexibility index (Phi) is 5.29. The molecule has 0 bridgehead atoms. The van der Waals surface area contributed by atoms with E-state index < -0.39 is 22.5 Å². The third-order valence-corrected chi connectivity index (χ3v) is 4.20. The molecule has 2 rings (SSSR count). The van der Waals surface area contributed by atoms with E-state index in [0.717, 1.165) is 16.1 Å². The van der Waals surface area contributed by atoms with E-state index >= 15 is 0 Å². The number of rotatable bonds is 7. The summed E-state index contributed by atoms with van der Waals surface area (Å²) >= 11 is 0. The summed E-state index contributed by atoms with van der Waals surface area (Å²) in [4.78, 5) is 18.9. The molecule has 10 heteroatoms. The number of nitrogens with zero attached hydrogens (tertiary/aromatic N) is 5. The van der Waals surface area contributed by atoms with E-state index in [0.29, 0.717) is 5.82 Å². The van der Waals surface area contributed by atoms with E-state index in [9.17, 15) is 13.2 Å². The normalized spacial score (nSPS) is 11.6. The van der Waals surface area contributed by atoms with Crippen LogP contribution in [0.4, 0.5) is 0 Å². The minimum Gasteiger partial charge on any atom is -0.480 e. The highest BCUT2D eigenvalue weighted by Gasteiger charge is 2.21. The fourth-order valence-electron chi connectivity index (χ4n) is 1.82. The average molecular weight is 338 g/mol. The van der Waals surface area contributed by atoms with Crippen molar-refractivity contribution >= 4 is 16.0 Å². The minimum atomic E-state index is -3.59. The quantitative estimate of drug-likeness (QED) is 0.655. The molecule has 0 atom stereocenters. The zero-order valence-electron chi connectivity index (χ0n) is 12.4. The topological polar surface area (TPSA) is 117 Å². The van der Waals surface area contributed by atoms with Gasteiger partial charge in [-0.25, -0.2) is 18.4 Å². The fraction of sp³-hybridized carbons (Fsp3) is 0.308. The van der Waals surface area contributed by atoms with Gasteiger partial charge >= 0.3 is 5.97 Å². The van der Waals surface area contributed by atoms with Crippen LogP contribution in [0.15, 0.2) is 36.9 Å². The van der Waals surface area contributed by atoms with Crippen molar-refractivity contribution in [3.05, 3.63) is 36.9 Å². The highest BCUT2D eigenvalue weighted by atomic mass is 32.2. The summed E-state index contributed by atoms with van der Waals surface area (Å²) in [5.74, 6) is -0.666. The zero-order chi connectivity index (χ0) is 16.9. The van der Waals surface area contributed by atoms with Crippen LogP contribution >= 0.6 is 0 Å². The van der Waals surface area contributed by atoms with Gasteiger partial charge in [0.05, 0.1) is 12.8 Å². The zero-order valence-corrected chi connectivity index (χ0v) is 13.2. The van der Waals surface area contributed by atoms with Crippen LogP contribution in [0.3, 0.4) is 0 Å². The van der Waals surface area contributed by atoms with Crippen molar-refractivity contribution in [3.63, 3.8) is 0 Å². The van der Waals surface area contributed by atoms with Gasteiger partial charge < -0.3 is 5.11 Å². The standard InChI is InChI=1S/C13H15N5O4S/c1-23(21,22)18(10-12(19)20)8-7-17-6-3-11(9-16-17)13-14-4-2-5-15-13/h2-6,9H,7-8,10H2,1H3/p+1. The molecule has 0 spiro atoms. The second kappa shape index (κ2) is 7.20. The minimum absolute atomic E-state index is 0.0178. The molecule has 2 aromatic heterocycles. The summed E-state index contributed by atoms with van der Waals surface area (Å²) in [6.07, 6.45) is 7.45. The number of sulfonamides is 1. The molecule has 0 aliphatic rings. The van der Waals surface area contributed by atoms with Crippen LogP contribution in [0.1, 0.15) is 0 Å². The van der Waals surface area contributed by atoms with E-state index in [1.165, 1.54) is 4.68 Å². The van der Waals surface area contributed by atoms with Gasteiger partial charge in [0.25, 0.3) is 0 Å². The molecule has 0 saturated carbocycles. The second-order valence-corrected chi connectivity index (χ2v) is 6.72. The predicted molar refractivity (Wildman–Crippen MR) is 79.5 cm³/mol. The summed E-state index contributed by atoms with van der Waals surface area (Å²) in [6, 6.07) is 3.46. The maximum Gasteiger partial charge on any atom is 0.318 e. The van der Waals surface area contributed by atoms with Crippen LogP contribution in [-0.4, -0.2) is 58.2 Å². The molecule has 0 radical (unpaired) electrons. The van der Waals surface area contributed by atoms with Crippen molar-refractivity contribution in [2.24, 2.45) is 0 Å². The summed E-state index contributed by atoms with van der Waals surface area (Å²) in [7, 11) is -3.59. The Morgan fingerprint density at radius 3 is 2.57 bits per heavy atom. The van der Waals surface area contributed by atoms with Gasteiger partial charge in [0.2, 0.25) is 10.0 Å². The summed E-state index contributed by atoms with van der Waals surface area (Å²) in [6.45, 7) is -0.324. The first kappa shape index (κ1) is 16.9. The molecule has 0 unspecified atom stereocenters. The van der Waals surface area contributed by atoms with Crippen LogP contribution in [0, 0.1) is 0 Å². The number of hydrogen-bond acceptors (Lipinski definition) is 6. The monoisotopic (exact) mass is 338 g/mol. The van der Waals surface area contributed by atoms with Gasteiger partial charge in [0.1, 0.15) is 12.7 Å². The molecule has 2 aromatic rings. The predicted octanol–water partition coefficient (Wildman–Crippen LogP) is -0.828. The number of carboxylic acid groups (broad SMARTS) is 1. The van der Waals surface area contributed by atoms with Crippen molar-refractivity contribution in [3.8, 4) is 11.4 Å². The van der Waals surface area contributed by atoms with Crippen molar-refractivity contribution in [1.29, 1.82) is 0 Å². The number of aromatic nitrogens is 4. The summed E-state index contributed by atoms with van der Waals surface area (Å²) < 4.78 is 25.5. The van der Waals surface area contributed by atoms with E-state index in [2.05, 4.69) is 15.1 Å². The fourth-order valence-corrected chi connectivity index (χ4v) is 2.58. The van der Waals surface area contributed by atoms with Gasteiger partial charge in [-0.1, -0.05) is 4.68 Å². The molecule has 0 fully saturated rings. The first-order chi connectivity index (χ1) is 10.9. The van der Waals surface area contributed by atoms with Gasteiger partial charge in [-0.3, -0.25) is 4.79 Å². The average Bonchev–Trinajstić information content (AvgIpc) is 2.51. The summed E-state index contributed by atoms with van der Waals surface area (Å²) in [5, 5.41) is 12.9. The maximum atomic E-state index is 11.5. The van der Waals surface area contributed by atoms with Crippen molar-refractivity contribution < 1.29 is 23.0 Å². The highest BCUT2D eigenvalue weighted by molar-refractivity contribution is 7.88. The van der Waals surface area contributed by atoms with E-state index in [4.69, 9.17) is 5.11 Å². The Hall–Kier alpha value is -2.46. The molecular formula is C13H16N5O4S+. The largest absolute Gasteiger partial charge is 0.480 e. The van der Waals surface area contributed by atoms with E-state index in [-0.39, 0.29) is 13.1 Å². The molecule has 0 aliphatic carbocycles. The van der Waals surface area contributed by atoms with Crippen molar-refractivity contribution in [2.75, 3.05) is 19.3 Å². The van der Waals surface area contributed by atoms with Gasteiger partial charge in [0.15, 0.2) is 18.6 Å². The Morgan fingerprint density at radius 1 is 1.35 bits per heavy atom. The molecule has 1 N–H and O–H groups in total. The lowest BCUT2D eigenvalue weighted by Gasteiger charge is -2.15. The van der Waals surface area contributed by atoms with Gasteiger partial charge in [0, 0.05) is 24.0 Å². The summed E-state index contributed by atoms with van der Waals surface area (Å²) in [5.41, 5.74) is 0.729. The molecule has 0 aromatic carbocycles. The third kappa shape index (κ3) is 5.04. The van der Waals surface area contributed by atoms with Crippen LogP contribution in [-0.2, 0) is 21.4 Å². The lowest BCUT2D eigenvalue weighted by molar-refractivity contribution is -0.752. The Morgan fingerprint density at radius 2 is 2.04 bits per heavy atom. The van der Waals surface area contributed by atoms with E-state index in [1.807, 2.05) is 0 Å². The Labute approximate surface area is 133 Å².